The lowest BCUT2D eigenvalue weighted by atomic mass is 10.1. The standard InChI is InChI=1S/C20H23N7O2/c1-13-7-18(26-12-25-13)27-11-16(29-2)9-15(27)10-24-20(28)14-3-4-21-17(8-14)19-22-5-6-23-19/h3-8,12,15-16H,9-11H2,1-2H3,(H,22,23)(H,24,28)/t15-,16-/m0/s1. The van der Waals surface area contributed by atoms with E-state index in [1.165, 1.54) is 0 Å². The predicted molar refractivity (Wildman–Crippen MR) is 107 cm³/mol. The van der Waals surface area contributed by atoms with Crippen LogP contribution in [0.25, 0.3) is 11.5 Å². The molecule has 3 aromatic heterocycles. The van der Waals surface area contributed by atoms with Gasteiger partial charge in [0.15, 0.2) is 5.82 Å². The summed E-state index contributed by atoms with van der Waals surface area (Å²) in [6.07, 6.45) is 7.46. The second-order valence-electron chi connectivity index (χ2n) is 6.99. The van der Waals surface area contributed by atoms with Gasteiger partial charge in [0.05, 0.1) is 12.1 Å². The van der Waals surface area contributed by atoms with Gasteiger partial charge in [-0.3, -0.25) is 9.78 Å². The third-order valence-corrected chi connectivity index (χ3v) is 5.05. The number of aromatic amines is 1. The second kappa shape index (κ2) is 8.36. The van der Waals surface area contributed by atoms with E-state index >= 15 is 0 Å². The molecule has 0 aliphatic carbocycles. The number of aryl methyl sites for hydroxylation is 1. The lowest BCUT2D eigenvalue weighted by Crippen LogP contribution is -2.40. The van der Waals surface area contributed by atoms with Gasteiger partial charge in [0, 0.05) is 56.1 Å². The van der Waals surface area contributed by atoms with Gasteiger partial charge in [-0.2, -0.15) is 0 Å². The van der Waals surface area contributed by atoms with Crippen molar-refractivity contribution in [3.05, 3.63) is 54.4 Å². The minimum atomic E-state index is -0.153. The maximum absolute atomic E-state index is 12.7. The fourth-order valence-corrected chi connectivity index (χ4v) is 3.54. The molecule has 0 saturated carbocycles. The molecule has 4 heterocycles. The summed E-state index contributed by atoms with van der Waals surface area (Å²) in [7, 11) is 1.71. The molecule has 1 amide bonds. The molecule has 150 valence electrons. The van der Waals surface area contributed by atoms with Crippen molar-refractivity contribution >= 4 is 11.7 Å². The molecular formula is C20H23N7O2. The summed E-state index contributed by atoms with van der Waals surface area (Å²) >= 11 is 0. The molecule has 0 aromatic carbocycles. The van der Waals surface area contributed by atoms with Crippen LogP contribution in [0.4, 0.5) is 5.82 Å². The van der Waals surface area contributed by atoms with E-state index in [2.05, 4.69) is 35.1 Å². The number of carbonyl (C=O) groups excluding carboxylic acids is 1. The summed E-state index contributed by atoms with van der Waals surface area (Å²) in [5.74, 6) is 1.32. The fourth-order valence-electron chi connectivity index (χ4n) is 3.54. The number of anilines is 1. The van der Waals surface area contributed by atoms with E-state index < -0.39 is 0 Å². The van der Waals surface area contributed by atoms with Crippen LogP contribution in [0.5, 0.6) is 0 Å². The Labute approximate surface area is 168 Å². The number of ether oxygens (including phenoxy) is 1. The summed E-state index contributed by atoms with van der Waals surface area (Å²) in [4.78, 5) is 34.9. The first-order valence-corrected chi connectivity index (χ1v) is 9.46. The van der Waals surface area contributed by atoms with Crippen LogP contribution in [0.3, 0.4) is 0 Å². The molecule has 4 rings (SSSR count). The minimum absolute atomic E-state index is 0.0876. The first-order valence-electron chi connectivity index (χ1n) is 9.46. The minimum Gasteiger partial charge on any atom is -0.380 e. The van der Waals surface area contributed by atoms with Gasteiger partial charge in [-0.25, -0.2) is 15.0 Å². The van der Waals surface area contributed by atoms with Gasteiger partial charge in [-0.15, -0.1) is 0 Å². The van der Waals surface area contributed by atoms with Gasteiger partial charge in [0.2, 0.25) is 0 Å². The predicted octanol–water partition coefficient (Wildman–Crippen LogP) is 1.59. The highest BCUT2D eigenvalue weighted by Crippen LogP contribution is 2.25. The summed E-state index contributed by atoms with van der Waals surface area (Å²) in [5.41, 5.74) is 2.07. The Hall–Kier alpha value is -3.33. The average molecular weight is 393 g/mol. The highest BCUT2D eigenvalue weighted by Gasteiger charge is 2.33. The van der Waals surface area contributed by atoms with Crippen molar-refractivity contribution in [2.45, 2.75) is 25.5 Å². The van der Waals surface area contributed by atoms with Crippen LogP contribution in [0, 0.1) is 6.92 Å². The largest absolute Gasteiger partial charge is 0.380 e. The van der Waals surface area contributed by atoms with Gasteiger partial charge in [-0.05, 0) is 25.5 Å². The van der Waals surface area contributed by atoms with Crippen LogP contribution in [0.2, 0.25) is 0 Å². The topological polar surface area (TPSA) is 109 Å². The lowest BCUT2D eigenvalue weighted by Gasteiger charge is -2.25. The molecular weight excluding hydrogens is 370 g/mol. The van der Waals surface area contributed by atoms with E-state index in [-0.39, 0.29) is 18.1 Å². The van der Waals surface area contributed by atoms with Crippen molar-refractivity contribution in [1.29, 1.82) is 0 Å². The molecule has 3 aromatic rings. The number of nitrogens with zero attached hydrogens (tertiary/aromatic N) is 5. The molecule has 2 atom stereocenters. The Balaban J connectivity index is 1.45. The van der Waals surface area contributed by atoms with Gasteiger partial charge >= 0.3 is 0 Å². The van der Waals surface area contributed by atoms with Crippen LogP contribution in [0.1, 0.15) is 22.5 Å². The molecule has 0 spiro atoms. The number of rotatable bonds is 6. The molecule has 2 N–H and O–H groups in total. The van der Waals surface area contributed by atoms with Gasteiger partial charge in [-0.1, -0.05) is 0 Å². The Morgan fingerprint density at radius 2 is 2.17 bits per heavy atom. The molecule has 1 aliphatic rings. The number of hydrogen-bond acceptors (Lipinski definition) is 7. The first kappa shape index (κ1) is 19.0. The molecule has 0 radical (unpaired) electrons. The molecule has 29 heavy (non-hydrogen) atoms. The number of aromatic nitrogens is 5. The van der Waals surface area contributed by atoms with Crippen molar-refractivity contribution in [3.8, 4) is 11.5 Å². The van der Waals surface area contributed by atoms with E-state index in [1.54, 1.807) is 44.2 Å². The Morgan fingerprint density at radius 3 is 2.93 bits per heavy atom. The monoisotopic (exact) mass is 393 g/mol. The second-order valence-corrected chi connectivity index (χ2v) is 6.99. The first-order chi connectivity index (χ1) is 14.1. The van der Waals surface area contributed by atoms with Crippen molar-refractivity contribution < 1.29 is 9.53 Å². The highest BCUT2D eigenvalue weighted by molar-refractivity contribution is 5.94. The fraction of sp³-hybridized carbons (Fsp3) is 0.350. The third kappa shape index (κ3) is 4.24. The van der Waals surface area contributed by atoms with Crippen molar-refractivity contribution in [1.82, 2.24) is 30.2 Å². The average Bonchev–Trinajstić information content (AvgIpc) is 3.42. The summed E-state index contributed by atoms with van der Waals surface area (Å²) in [5, 5.41) is 3.03. The van der Waals surface area contributed by atoms with Crippen LogP contribution >= 0.6 is 0 Å². The SMILES string of the molecule is CO[C@H]1C[C@@H](CNC(=O)c2ccnc(-c3ncc[nH]3)c2)N(c2cc(C)ncn2)C1. The molecule has 9 heteroatoms. The number of H-pyrrole nitrogens is 1. The summed E-state index contributed by atoms with van der Waals surface area (Å²) < 4.78 is 5.56. The third-order valence-electron chi connectivity index (χ3n) is 5.05. The van der Waals surface area contributed by atoms with Crippen LogP contribution in [0.15, 0.2) is 43.1 Å². The number of nitrogens with one attached hydrogen (secondary N) is 2. The smallest absolute Gasteiger partial charge is 0.251 e. The van der Waals surface area contributed by atoms with E-state index in [0.717, 1.165) is 24.5 Å². The molecule has 1 fully saturated rings. The summed E-state index contributed by atoms with van der Waals surface area (Å²) in [6, 6.07) is 5.46. The zero-order valence-corrected chi connectivity index (χ0v) is 16.4. The van der Waals surface area contributed by atoms with E-state index in [1.807, 2.05) is 13.0 Å². The van der Waals surface area contributed by atoms with E-state index in [4.69, 9.17) is 4.74 Å². The van der Waals surface area contributed by atoms with E-state index in [0.29, 0.717) is 23.6 Å². The molecule has 9 nitrogen and oxygen atoms in total. The van der Waals surface area contributed by atoms with Crippen molar-refractivity contribution in [2.24, 2.45) is 0 Å². The number of carbonyl (C=O) groups is 1. The number of pyridine rings is 1. The molecule has 1 saturated heterocycles. The maximum atomic E-state index is 12.7. The van der Waals surface area contributed by atoms with Gasteiger partial charge in [0.1, 0.15) is 17.8 Å². The van der Waals surface area contributed by atoms with Crippen LogP contribution in [-0.2, 0) is 4.74 Å². The lowest BCUT2D eigenvalue weighted by molar-refractivity contribution is 0.0946. The van der Waals surface area contributed by atoms with Crippen molar-refractivity contribution in [3.63, 3.8) is 0 Å². The Morgan fingerprint density at radius 1 is 1.28 bits per heavy atom. The normalized spacial score (nSPS) is 18.8. The van der Waals surface area contributed by atoms with Gasteiger partial charge in [0.25, 0.3) is 5.91 Å². The zero-order valence-electron chi connectivity index (χ0n) is 16.4. The molecule has 0 unspecified atom stereocenters. The van der Waals surface area contributed by atoms with Crippen molar-refractivity contribution in [2.75, 3.05) is 25.1 Å². The Kier molecular flexibility index (Phi) is 5.48. The van der Waals surface area contributed by atoms with Crippen LogP contribution < -0.4 is 10.2 Å². The number of hydrogen-bond donors (Lipinski definition) is 2. The molecule has 0 bridgehead atoms. The zero-order chi connectivity index (χ0) is 20.2. The summed E-state index contributed by atoms with van der Waals surface area (Å²) in [6.45, 7) is 3.15. The number of methoxy groups -OCH3 is 1. The van der Waals surface area contributed by atoms with Crippen LogP contribution in [-0.4, -0.2) is 63.2 Å². The Bertz CT molecular complexity index is 976. The van der Waals surface area contributed by atoms with Gasteiger partial charge < -0.3 is 19.9 Å². The number of imidazole rings is 1. The quantitative estimate of drug-likeness (QED) is 0.655. The maximum Gasteiger partial charge on any atom is 0.251 e. The van der Waals surface area contributed by atoms with E-state index in [9.17, 15) is 4.79 Å². The number of amides is 1. The molecule has 1 aliphatic heterocycles. The highest BCUT2D eigenvalue weighted by atomic mass is 16.5.